The Bertz CT molecular complexity index is 659. The van der Waals surface area contributed by atoms with Crippen molar-refractivity contribution in [3.8, 4) is 0 Å². The number of primary amides is 1. The van der Waals surface area contributed by atoms with Crippen LogP contribution in [0.2, 0.25) is 0 Å². The van der Waals surface area contributed by atoms with Gasteiger partial charge >= 0.3 is 0 Å². The van der Waals surface area contributed by atoms with Gasteiger partial charge < -0.3 is 11.1 Å². The van der Waals surface area contributed by atoms with Crippen molar-refractivity contribution in [3.05, 3.63) is 59.9 Å². The molecule has 0 radical (unpaired) electrons. The fourth-order valence-electron chi connectivity index (χ4n) is 3.13. The lowest BCUT2D eigenvalue weighted by Crippen LogP contribution is -2.34. The molecule has 0 aliphatic carbocycles. The van der Waals surface area contributed by atoms with Gasteiger partial charge in [-0.1, -0.05) is 30.3 Å². The summed E-state index contributed by atoms with van der Waals surface area (Å²) in [5.74, 6) is -0.451. The first-order valence-corrected chi connectivity index (χ1v) is 7.99. The smallest absolute Gasteiger partial charge is 0.252 e. The lowest BCUT2D eigenvalue weighted by atomic mass is 10.1. The Balaban J connectivity index is 1.62. The average molecular weight is 310 g/mol. The molecule has 120 valence electrons. The molecular formula is C18H22N4O. The SMILES string of the molecule is NC(=O)c1cnccc1NCC1CCCN1Cc1ccccc1. The Morgan fingerprint density at radius 1 is 1.30 bits per heavy atom. The average Bonchev–Trinajstić information content (AvgIpc) is 3.01. The molecule has 5 heteroatoms. The summed E-state index contributed by atoms with van der Waals surface area (Å²) in [6.07, 6.45) is 5.56. The van der Waals surface area contributed by atoms with Crippen LogP contribution in [0.3, 0.4) is 0 Å². The number of hydrogen-bond acceptors (Lipinski definition) is 4. The second kappa shape index (κ2) is 7.24. The van der Waals surface area contributed by atoms with Crippen molar-refractivity contribution in [2.24, 2.45) is 5.73 Å². The van der Waals surface area contributed by atoms with Crippen LogP contribution in [-0.4, -0.2) is 34.9 Å². The van der Waals surface area contributed by atoms with Crippen LogP contribution in [0.4, 0.5) is 5.69 Å². The van der Waals surface area contributed by atoms with Crippen molar-refractivity contribution in [1.29, 1.82) is 0 Å². The molecule has 1 aromatic heterocycles. The first-order valence-electron chi connectivity index (χ1n) is 7.99. The summed E-state index contributed by atoms with van der Waals surface area (Å²) in [5, 5.41) is 3.37. The van der Waals surface area contributed by atoms with E-state index in [0.29, 0.717) is 11.6 Å². The van der Waals surface area contributed by atoms with Gasteiger partial charge in [-0.15, -0.1) is 0 Å². The van der Waals surface area contributed by atoms with Gasteiger partial charge in [0.05, 0.1) is 11.3 Å². The highest BCUT2D eigenvalue weighted by Gasteiger charge is 2.24. The number of nitrogens with one attached hydrogen (secondary N) is 1. The molecule has 1 atom stereocenters. The van der Waals surface area contributed by atoms with Crippen LogP contribution in [0, 0.1) is 0 Å². The van der Waals surface area contributed by atoms with Crippen LogP contribution in [0.1, 0.15) is 28.8 Å². The maximum atomic E-state index is 11.5. The van der Waals surface area contributed by atoms with E-state index in [-0.39, 0.29) is 0 Å². The summed E-state index contributed by atoms with van der Waals surface area (Å²) < 4.78 is 0. The topological polar surface area (TPSA) is 71.2 Å². The van der Waals surface area contributed by atoms with E-state index in [4.69, 9.17) is 5.73 Å². The molecule has 5 nitrogen and oxygen atoms in total. The number of amides is 1. The molecule has 1 amide bonds. The van der Waals surface area contributed by atoms with Gasteiger partial charge in [-0.05, 0) is 31.0 Å². The minimum absolute atomic E-state index is 0.445. The quantitative estimate of drug-likeness (QED) is 0.858. The zero-order valence-electron chi connectivity index (χ0n) is 13.1. The zero-order chi connectivity index (χ0) is 16.1. The van der Waals surface area contributed by atoms with Crippen molar-refractivity contribution in [2.75, 3.05) is 18.4 Å². The van der Waals surface area contributed by atoms with Crippen molar-refractivity contribution < 1.29 is 4.79 Å². The number of nitrogens with zero attached hydrogens (tertiary/aromatic N) is 2. The Hall–Kier alpha value is -2.40. The fourth-order valence-corrected chi connectivity index (χ4v) is 3.13. The molecule has 1 aliphatic rings. The minimum atomic E-state index is -0.451. The van der Waals surface area contributed by atoms with Crippen LogP contribution in [0.25, 0.3) is 0 Å². The van der Waals surface area contributed by atoms with E-state index >= 15 is 0 Å². The molecule has 2 heterocycles. The fraction of sp³-hybridized carbons (Fsp3) is 0.333. The van der Waals surface area contributed by atoms with Gasteiger partial charge in [-0.2, -0.15) is 0 Å². The van der Waals surface area contributed by atoms with E-state index in [1.54, 1.807) is 12.3 Å². The standard InChI is InChI=1S/C18H22N4O/c19-18(23)16-12-20-9-8-17(16)21-11-15-7-4-10-22(15)13-14-5-2-1-3-6-14/h1-3,5-6,8-9,12,15H,4,7,10-11,13H2,(H2,19,23)(H,20,21). The number of nitrogens with two attached hydrogens (primary N) is 1. The van der Waals surface area contributed by atoms with Crippen molar-refractivity contribution >= 4 is 11.6 Å². The highest BCUT2D eigenvalue weighted by molar-refractivity contribution is 5.98. The minimum Gasteiger partial charge on any atom is -0.383 e. The largest absolute Gasteiger partial charge is 0.383 e. The van der Waals surface area contributed by atoms with E-state index in [2.05, 4.69) is 39.5 Å². The van der Waals surface area contributed by atoms with Crippen LogP contribution in [0.15, 0.2) is 48.8 Å². The van der Waals surface area contributed by atoms with Gasteiger partial charge in [0.1, 0.15) is 0 Å². The third kappa shape index (κ3) is 3.87. The zero-order valence-corrected chi connectivity index (χ0v) is 13.1. The molecule has 3 rings (SSSR count). The number of hydrogen-bond donors (Lipinski definition) is 2. The summed E-state index contributed by atoms with van der Waals surface area (Å²) in [7, 11) is 0. The van der Waals surface area contributed by atoms with Crippen LogP contribution >= 0.6 is 0 Å². The van der Waals surface area contributed by atoms with Gasteiger partial charge in [0.25, 0.3) is 5.91 Å². The van der Waals surface area contributed by atoms with Gasteiger partial charge in [0, 0.05) is 31.5 Å². The van der Waals surface area contributed by atoms with Crippen LogP contribution in [0.5, 0.6) is 0 Å². The van der Waals surface area contributed by atoms with Gasteiger partial charge in [0.15, 0.2) is 0 Å². The van der Waals surface area contributed by atoms with E-state index < -0.39 is 5.91 Å². The highest BCUT2D eigenvalue weighted by atomic mass is 16.1. The number of rotatable bonds is 6. The predicted molar refractivity (Wildman–Crippen MR) is 91.1 cm³/mol. The Kier molecular flexibility index (Phi) is 4.88. The molecule has 23 heavy (non-hydrogen) atoms. The molecule has 0 bridgehead atoms. The number of carbonyl (C=O) groups excluding carboxylic acids is 1. The van der Waals surface area contributed by atoms with Crippen molar-refractivity contribution in [3.63, 3.8) is 0 Å². The second-order valence-electron chi connectivity index (χ2n) is 5.92. The molecule has 0 spiro atoms. The number of carbonyl (C=O) groups is 1. The molecule has 1 fully saturated rings. The number of likely N-dealkylation sites (tertiary alicyclic amines) is 1. The summed E-state index contributed by atoms with van der Waals surface area (Å²) in [6.45, 7) is 2.88. The van der Waals surface area contributed by atoms with Gasteiger partial charge in [-0.3, -0.25) is 14.7 Å². The van der Waals surface area contributed by atoms with Gasteiger partial charge in [0.2, 0.25) is 0 Å². The van der Waals surface area contributed by atoms with E-state index in [9.17, 15) is 4.79 Å². The lowest BCUT2D eigenvalue weighted by molar-refractivity contribution is 0.100. The van der Waals surface area contributed by atoms with Crippen molar-refractivity contribution in [1.82, 2.24) is 9.88 Å². The van der Waals surface area contributed by atoms with Crippen LogP contribution < -0.4 is 11.1 Å². The Morgan fingerprint density at radius 2 is 2.13 bits per heavy atom. The first kappa shape index (κ1) is 15.5. The molecule has 1 saturated heterocycles. The third-order valence-electron chi connectivity index (χ3n) is 4.34. The molecule has 1 aliphatic heterocycles. The second-order valence-corrected chi connectivity index (χ2v) is 5.92. The van der Waals surface area contributed by atoms with E-state index in [1.165, 1.54) is 18.2 Å². The Morgan fingerprint density at radius 3 is 2.91 bits per heavy atom. The summed E-state index contributed by atoms with van der Waals surface area (Å²) >= 11 is 0. The molecule has 1 aromatic carbocycles. The maximum absolute atomic E-state index is 11.5. The number of pyridine rings is 1. The summed E-state index contributed by atoms with van der Waals surface area (Å²) in [4.78, 5) is 17.9. The maximum Gasteiger partial charge on any atom is 0.252 e. The number of anilines is 1. The molecule has 3 N–H and O–H groups in total. The number of benzene rings is 1. The van der Waals surface area contributed by atoms with E-state index in [1.807, 2.05) is 6.07 Å². The normalized spacial score (nSPS) is 18.0. The molecular weight excluding hydrogens is 288 g/mol. The first-order chi connectivity index (χ1) is 11.2. The Labute approximate surface area is 136 Å². The van der Waals surface area contributed by atoms with Crippen LogP contribution in [-0.2, 0) is 6.54 Å². The summed E-state index contributed by atoms with van der Waals surface area (Å²) in [5.41, 5.74) is 7.94. The lowest BCUT2D eigenvalue weighted by Gasteiger charge is -2.25. The number of aromatic nitrogens is 1. The predicted octanol–water partition coefficient (Wildman–Crippen LogP) is 2.26. The molecule has 1 unspecified atom stereocenters. The summed E-state index contributed by atoms with van der Waals surface area (Å²) in [6, 6.07) is 12.8. The van der Waals surface area contributed by atoms with Gasteiger partial charge in [-0.25, -0.2) is 0 Å². The monoisotopic (exact) mass is 310 g/mol. The highest BCUT2D eigenvalue weighted by Crippen LogP contribution is 2.21. The molecule has 2 aromatic rings. The molecule has 0 saturated carbocycles. The third-order valence-corrected chi connectivity index (χ3v) is 4.34. The van der Waals surface area contributed by atoms with Crippen molar-refractivity contribution in [2.45, 2.75) is 25.4 Å². The van der Waals surface area contributed by atoms with E-state index in [0.717, 1.165) is 31.7 Å².